The van der Waals surface area contributed by atoms with Gasteiger partial charge in [-0.15, -0.1) is 0 Å². The summed E-state index contributed by atoms with van der Waals surface area (Å²) in [7, 11) is 3.26. The quantitative estimate of drug-likeness (QED) is 0.416. The van der Waals surface area contributed by atoms with Gasteiger partial charge >= 0.3 is 7.60 Å². The molecular formula is C18H21NO4P+. The summed E-state index contributed by atoms with van der Waals surface area (Å²) in [5.74, 6) is 0.642. The van der Waals surface area contributed by atoms with Gasteiger partial charge < -0.3 is 13.5 Å². The van der Waals surface area contributed by atoms with Crippen LogP contribution in [0.4, 0.5) is 0 Å². The normalized spacial score (nSPS) is 12.0. The fraction of sp³-hybridized carbons (Fsp3) is 0.278. The SMILES string of the molecule is COP(=O)(OC)c1c2ccc(=[N+](C)C)cc-2oc2cc(C)ccc12. The molecule has 0 atom stereocenters. The molecule has 1 aliphatic carbocycles. The van der Waals surface area contributed by atoms with Crippen molar-refractivity contribution in [2.45, 2.75) is 6.92 Å². The van der Waals surface area contributed by atoms with Crippen molar-refractivity contribution in [1.82, 2.24) is 4.58 Å². The van der Waals surface area contributed by atoms with Crippen LogP contribution in [0.15, 0.2) is 40.8 Å². The highest BCUT2D eigenvalue weighted by Gasteiger charge is 2.33. The Hall–Kier alpha value is -1.94. The summed E-state index contributed by atoms with van der Waals surface area (Å²) < 4.78 is 31.8. The van der Waals surface area contributed by atoms with E-state index >= 15 is 0 Å². The number of benzene rings is 2. The van der Waals surface area contributed by atoms with Crippen LogP contribution >= 0.6 is 7.60 Å². The number of fused-ring (bicyclic) bond motifs is 2. The molecule has 24 heavy (non-hydrogen) atoms. The van der Waals surface area contributed by atoms with Crippen LogP contribution in [0.5, 0.6) is 0 Å². The Kier molecular flexibility index (Phi) is 4.35. The average molecular weight is 346 g/mol. The number of nitrogens with zero attached hydrogens (tertiary/aromatic N) is 1. The predicted molar refractivity (Wildman–Crippen MR) is 95.9 cm³/mol. The Morgan fingerprint density at radius 2 is 1.75 bits per heavy atom. The van der Waals surface area contributed by atoms with Crippen molar-refractivity contribution >= 4 is 23.9 Å². The van der Waals surface area contributed by atoms with Crippen LogP contribution < -0.4 is 15.2 Å². The van der Waals surface area contributed by atoms with Crippen LogP contribution in [0.25, 0.3) is 22.3 Å². The van der Waals surface area contributed by atoms with Crippen LogP contribution in [0.1, 0.15) is 5.56 Å². The van der Waals surface area contributed by atoms with Crippen molar-refractivity contribution in [1.29, 1.82) is 0 Å². The molecule has 2 aliphatic rings. The minimum atomic E-state index is -3.45. The first-order valence-corrected chi connectivity index (χ1v) is 9.13. The Morgan fingerprint density at radius 3 is 2.38 bits per heavy atom. The zero-order chi connectivity index (χ0) is 17.5. The summed E-state index contributed by atoms with van der Waals surface area (Å²) in [6, 6.07) is 11.6. The molecule has 1 aromatic rings. The standard InChI is InChI=1S/C18H21NO4P/c1-12-6-8-14-16(10-12)23-17-11-13(19(2)3)7-9-15(17)18(14)24(20,21-4)22-5/h6-11H,1-5H3/q+1. The summed E-state index contributed by atoms with van der Waals surface area (Å²) in [6.45, 7) is 1.99. The van der Waals surface area contributed by atoms with Crippen LogP contribution in [0, 0.1) is 6.92 Å². The summed E-state index contributed by atoms with van der Waals surface area (Å²) in [6.07, 6.45) is 0. The number of hydrogen-bond acceptors (Lipinski definition) is 4. The van der Waals surface area contributed by atoms with Crippen LogP contribution in [0.3, 0.4) is 0 Å². The minimum absolute atomic E-state index is 0.536. The molecule has 0 amide bonds. The lowest BCUT2D eigenvalue weighted by atomic mass is 10.1. The van der Waals surface area contributed by atoms with Crippen molar-refractivity contribution in [3.8, 4) is 11.3 Å². The molecular weight excluding hydrogens is 325 g/mol. The van der Waals surface area contributed by atoms with E-state index < -0.39 is 7.60 Å². The van der Waals surface area contributed by atoms with Crippen molar-refractivity contribution in [3.63, 3.8) is 0 Å². The zero-order valence-corrected chi connectivity index (χ0v) is 15.4. The van der Waals surface area contributed by atoms with Gasteiger partial charge in [0.1, 0.15) is 25.4 Å². The maximum absolute atomic E-state index is 13.2. The molecule has 1 heterocycles. The molecule has 0 spiro atoms. The van der Waals surface area contributed by atoms with Crippen LogP contribution in [0.2, 0.25) is 0 Å². The second-order valence-corrected chi connectivity index (χ2v) is 8.06. The molecule has 5 nitrogen and oxygen atoms in total. The lowest BCUT2D eigenvalue weighted by Gasteiger charge is -2.20. The third kappa shape index (κ3) is 2.69. The average Bonchev–Trinajstić information content (AvgIpc) is 2.58. The van der Waals surface area contributed by atoms with E-state index in [0.717, 1.165) is 21.9 Å². The van der Waals surface area contributed by atoms with Gasteiger partial charge in [-0.1, -0.05) is 12.1 Å². The van der Waals surface area contributed by atoms with Crippen molar-refractivity contribution < 1.29 is 18.0 Å². The lowest BCUT2D eigenvalue weighted by molar-refractivity contribution is 0.287. The van der Waals surface area contributed by atoms with Crippen molar-refractivity contribution in [2.75, 3.05) is 28.3 Å². The summed E-state index contributed by atoms with van der Waals surface area (Å²) in [4.78, 5) is 0. The topological polar surface area (TPSA) is 51.7 Å². The van der Waals surface area contributed by atoms with E-state index in [1.165, 1.54) is 14.2 Å². The highest BCUT2D eigenvalue weighted by atomic mass is 31.2. The highest BCUT2D eigenvalue weighted by molar-refractivity contribution is 7.63. The number of aryl methyl sites for hydroxylation is 1. The molecule has 1 aliphatic heterocycles. The fourth-order valence-electron chi connectivity index (χ4n) is 2.79. The smallest absolute Gasteiger partial charge is 0.362 e. The van der Waals surface area contributed by atoms with E-state index in [0.29, 0.717) is 16.6 Å². The number of rotatable bonds is 3. The first kappa shape index (κ1) is 16.9. The van der Waals surface area contributed by atoms with Gasteiger partial charge in [0.15, 0.2) is 0 Å². The van der Waals surface area contributed by atoms with E-state index in [4.69, 9.17) is 13.5 Å². The van der Waals surface area contributed by atoms with Crippen LogP contribution in [-0.2, 0) is 13.6 Å². The fourth-order valence-corrected chi connectivity index (χ4v) is 4.27. The van der Waals surface area contributed by atoms with Gasteiger partial charge in [0, 0.05) is 31.2 Å². The summed E-state index contributed by atoms with van der Waals surface area (Å²) in [5, 5.41) is 2.26. The molecule has 0 N–H and O–H groups in total. The zero-order valence-electron chi connectivity index (χ0n) is 14.5. The Bertz CT molecular complexity index is 994. The molecule has 6 heteroatoms. The Balaban J connectivity index is 2.54. The predicted octanol–water partition coefficient (Wildman–Crippen LogP) is 2.99. The second kappa shape index (κ2) is 6.17. The maximum atomic E-state index is 13.2. The Labute approximate surface area is 141 Å². The molecule has 0 bridgehead atoms. The maximum Gasteiger partial charge on any atom is 0.362 e. The molecule has 0 aromatic heterocycles. The molecule has 0 unspecified atom stereocenters. The van der Waals surface area contributed by atoms with Crippen molar-refractivity contribution in [2.24, 2.45) is 0 Å². The number of hydrogen-bond donors (Lipinski definition) is 0. The first-order chi connectivity index (χ1) is 11.4. The van der Waals surface area contributed by atoms with Gasteiger partial charge in [-0.25, -0.2) is 4.58 Å². The van der Waals surface area contributed by atoms with Gasteiger partial charge in [0.25, 0.3) is 0 Å². The van der Waals surface area contributed by atoms with E-state index in [-0.39, 0.29) is 0 Å². The van der Waals surface area contributed by atoms with Gasteiger partial charge in [-0.3, -0.25) is 4.57 Å². The second-order valence-electron chi connectivity index (χ2n) is 5.89. The van der Waals surface area contributed by atoms with Gasteiger partial charge in [0.2, 0.25) is 5.36 Å². The molecule has 0 radical (unpaired) electrons. The molecule has 0 saturated carbocycles. The summed E-state index contributed by atoms with van der Waals surface area (Å²) in [5.41, 5.74) is 2.44. The highest BCUT2D eigenvalue weighted by Crippen LogP contribution is 2.50. The van der Waals surface area contributed by atoms with E-state index in [9.17, 15) is 4.57 Å². The monoisotopic (exact) mass is 346 g/mol. The largest absolute Gasteiger partial charge is 0.456 e. The summed E-state index contributed by atoms with van der Waals surface area (Å²) >= 11 is 0. The lowest BCUT2D eigenvalue weighted by Crippen LogP contribution is -2.23. The molecule has 3 rings (SSSR count). The molecule has 126 valence electrons. The van der Waals surface area contributed by atoms with Crippen molar-refractivity contribution in [3.05, 3.63) is 47.3 Å². The van der Waals surface area contributed by atoms with Gasteiger partial charge in [-0.05, 0) is 24.6 Å². The first-order valence-electron chi connectivity index (χ1n) is 7.59. The van der Waals surface area contributed by atoms with Crippen LogP contribution in [-0.4, -0.2) is 28.3 Å². The minimum Gasteiger partial charge on any atom is -0.456 e. The van der Waals surface area contributed by atoms with E-state index in [1.54, 1.807) is 0 Å². The molecule has 1 aromatic carbocycles. The molecule has 0 fully saturated rings. The Morgan fingerprint density at radius 1 is 1.04 bits per heavy atom. The third-order valence-electron chi connectivity index (χ3n) is 4.10. The van der Waals surface area contributed by atoms with E-state index in [2.05, 4.69) is 0 Å². The van der Waals surface area contributed by atoms with E-state index in [1.807, 2.05) is 62.0 Å². The molecule has 0 saturated heterocycles. The third-order valence-corrected chi connectivity index (χ3v) is 6.09. The van der Waals surface area contributed by atoms with Gasteiger partial charge in [0.05, 0.1) is 11.4 Å². The van der Waals surface area contributed by atoms with Gasteiger partial charge in [-0.2, -0.15) is 0 Å².